The highest BCUT2D eigenvalue weighted by Crippen LogP contribution is 2.47. The van der Waals surface area contributed by atoms with Crippen LogP contribution in [0.3, 0.4) is 0 Å². The van der Waals surface area contributed by atoms with E-state index in [1.54, 1.807) is 6.92 Å². The molecule has 5 heteroatoms. The summed E-state index contributed by atoms with van der Waals surface area (Å²) in [7, 11) is 0. The zero-order valence-electron chi connectivity index (χ0n) is 24.2. The summed E-state index contributed by atoms with van der Waals surface area (Å²) in [4.78, 5) is 14.3. The number of esters is 1. The Balaban J connectivity index is 1.23. The molecule has 1 saturated heterocycles. The highest BCUT2D eigenvalue weighted by molar-refractivity contribution is 5.80. The van der Waals surface area contributed by atoms with E-state index in [9.17, 15) is 4.79 Å². The normalized spacial score (nSPS) is 19.5. The first-order valence-corrected chi connectivity index (χ1v) is 15.1. The summed E-state index contributed by atoms with van der Waals surface area (Å²) in [6.45, 7) is 3.44. The molecule has 216 valence electrons. The molecule has 1 heterocycles. The molecule has 0 N–H and O–H groups in total. The maximum atomic E-state index is 15.1. The third-order valence-electron chi connectivity index (χ3n) is 8.87. The van der Waals surface area contributed by atoms with Gasteiger partial charge in [0.1, 0.15) is 12.4 Å². The summed E-state index contributed by atoms with van der Waals surface area (Å²) in [5.74, 6) is 0.766. The van der Waals surface area contributed by atoms with Crippen molar-refractivity contribution in [1.29, 1.82) is 0 Å². The van der Waals surface area contributed by atoms with Gasteiger partial charge < -0.3 is 14.4 Å². The van der Waals surface area contributed by atoms with Gasteiger partial charge in [0.15, 0.2) is 0 Å². The van der Waals surface area contributed by atoms with Crippen molar-refractivity contribution < 1.29 is 18.7 Å². The van der Waals surface area contributed by atoms with Crippen molar-refractivity contribution in [2.45, 2.75) is 56.7 Å². The van der Waals surface area contributed by atoms with E-state index in [1.165, 1.54) is 22.3 Å². The second kappa shape index (κ2) is 12.4. The summed E-state index contributed by atoms with van der Waals surface area (Å²) in [5, 5.41) is 0. The van der Waals surface area contributed by atoms with Gasteiger partial charge in [0.05, 0.1) is 6.61 Å². The summed E-state index contributed by atoms with van der Waals surface area (Å²) in [6, 6.07) is 36.4. The van der Waals surface area contributed by atoms with Crippen LogP contribution >= 0.6 is 0 Å². The van der Waals surface area contributed by atoms with Gasteiger partial charge in [-0.2, -0.15) is 0 Å². The maximum Gasteiger partial charge on any atom is 0.344 e. The number of benzene rings is 4. The van der Waals surface area contributed by atoms with E-state index < -0.39 is 11.6 Å². The molecule has 0 bridgehead atoms. The Kier molecular flexibility index (Phi) is 8.27. The van der Waals surface area contributed by atoms with Gasteiger partial charge in [-0.05, 0) is 77.8 Å². The van der Waals surface area contributed by atoms with Gasteiger partial charge in [-0.25, -0.2) is 9.18 Å². The van der Waals surface area contributed by atoms with Crippen LogP contribution in [-0.4, -0.2) is 31.3 Å². The van der Waals surface area contributed by atoms with E-state index in [4.69, 9.17) is 9.47 Å². The number of hydrogen-bond acceptors (Lipinski definition) is 4. The lowest BCUT2D eigenvalue weighted by Gasteiger charge is -2.37. The summed E-state index contributed by atoms with van der Waals surface area (Å²) < 4.78 is 26.3. The highest BCUT2D eigenvalue weighted by Gasteiger charge is 2.43. The average Bonchev–Trinajstić information content (AvgIpc) is 3.04. The largest absolute Gasteiger partial charge is 0.489 e. The van der Waals surface area contributed by atoms with Crippen molar-refractivity contribution in [3.63, 3.8) is 0 Å². The molecule has 4 aromatic rings. The third-order valence-corrected chi connectivity index (χ3v) is 8.87. The predicted octanol–water partition coefficient (Wildman–Crippen LogP) is 8.00. The van der Waals surface area contributed by atoms with E-state index in [2.05, 4.69) is 89.8 Å². The van der Waals surface area contributed by atoms with Crippen LogP contribution in [0.15, 0.2) is 103 Å². The van der Waals surface area contributed by atoms with Crippen molar-refractivity contribution in [1.82, 2.24) is 0 Å². The topological polar surface area (TPSA) is 38.8 Å². The quantitative estimate of drug-likeness (QED) is 0.204. The molecule has 1 aliphatic carbocycles. The fraction of sp³-hybridized carbons (Fsp3) is 0.324. The van der Waals surface area contributed by atoms with E-state index in [1.807, 2.05) is 18.2 Å². The molecular weight excluding hydrogens is 525 g/mol. The number of piperidine rings is 1. The molecule has 4 aromatic carbocycles. The Morgan fingerprint density at radius 2 is 1.57 bits per heavy atom. The monoisotopic (exact) mass is 563 g/mol. The Morgan fingerprint density at radius 3 is 2.26 bits per heavy atom. The standard InChI is InChI=1S/C37H38FNO3/c1-2-41-36(40)37(38)21-23-39(24-22-37)31-16-13-29(14-17-31)35-33(28-11-7-4-8-12-28)19-15-30-25-32(18-20-34(30)35)42-26-27-9-5-3-6-10-27/h3-14,16-18,20,25,33,35H,2,15,19,21-24,26H2,1H3/t33-,35+/m1/s1. The minimum atomic E-state index is -1.88. The van der Waals surface area contributed by atoms with E-state index in [0.29, 0.717) is 25.6 Å². The zero-order chi connectivity index (χ0) is 28.9. The number of aryl methyl sites for hydroxylation is 1. The minimum Gasteiger partial charge on any atom is -0.489 e. The molecule has 1 fully saturated rings. The van der Waals surface area contributed by atoms with E-state index in [-0.39, 0.29) is 25.4 Å². The Morgan fingerprint density at radius 1 is 0.881 bits per heavy atom. The Bertz CT molecular complexity index is 1480. The van der Waals surface area contributed by atoms with Gasteiger partial charge >= 0.3 is 5.97 Å². The van der Waals surface area contributed by atoms with Gasteiger partial charge in [0.2, 0.25) is 5.67 Å². The first kappa shape index (κ1) is 28.0. The molecule has 0 spiro atoms. The summed E-state index contributed by atoms with van der Waals surface area (Å²) >= 11 is 0. The van der Waals surface area contributed by atoms with Crippen LogP contribution in [0.2, 0.25) is 0 Å². The number of rotatable bonds is 8. The van der Waals surface area contributed by atoms with Crippen molar-refractivity contribution in [2.24, 2.45) is 0 Å². The second-order valence-electron chi connectivity index (χ2n) is 11.4. The number of ether oxygens (including phenoxy) is 2. The third kappa shape index (κ3) is 5.92. The first-order valence-electron chi connectivity index (χ1n) is 15.1. The Labute approximate surface area is 248 Å². The lowest BCUT2D eigenvalue weighted by Crippen LogP contribution is -2.47. The predicted molar refractivity (Wildman–Crippen MR) is 165 cm³/mol. The molecule has 0 saturated carbocycles. The number of hydrogen-bond donors (Lipinski definition) is 0. The first-order chi connectivity index (χ1) is 20.5. The lowest BCUT2D eigenvalue weighted by atomic mass is 9.69. The molecule has 0 aromatic heterocycles. The van der Waals surface area contributed by atoms with Crippen LogP contribution in [0.4, 0.5) is 10.1 Å². The second-order valence-corrected chi connectivity index (χ2v) is 11.4. The van der Waals surface area contributed by atoms with Crippen molar-refractivity contribution in [3.05, 3.63) is 131 Å². The van der Waals surface area contributed by atoms with Crippen LogP contribution in [-0.2, 0) is 22.6 Å². The number of alkyl halides is 1. The van der Waals surface area contributed by atoms with E-state index >= 15 is 4.39 Å². The Hall–Kier alpha value is -4.12. The van der Waals surface area contributed by atoms with Crippen LogP contribution in [0.5, 0.6) is 5.75 Å². The minimum absolute atomic E-state index is 0.147. The molecule has 42 heavy (non-hydrogen) atoms. The van der Waals surface area contributed by atoms with Gasteiger partial charge in [-0.1, -0.05) is 78.9 Å². The number of halogens is 1. The highest BCUT2D eigenvalue weighted by atomic mass is 19.1. The fourth-order valence-corrected chi connectivity index (χ4v) is 6.57. The van der Waals surface area contributed by atoms with Crippen LogP contribution < -0.4 is 9.64 Å². The van der Waals surface area contributed by atoms with Crippen LogP contribution in [0.25, 0.3) is 0 Å². The SMILES string of the molecule is CCOC(=O)C1(F)CCN(c2ccc([C@@H]3c4ccc(OCc5ccccc5)cc4CC[C@@H]3c3ccccc3)cc2)CC1. The molecule has 0 amide bonds. The zero-order valence-corrected chi connectivity index (χ0v) is 24.2. The molecule has 2 atom stereocenters. The number of nitrogens with zero attached hydrogens (tertiary/aromatic N) is 1. The number of anilines is 1. The number of carbonyl (C=O) groups is 1. The average molecular weight is 564 g/mol. The lowest BCUT2D eigenvalue weighted by molar-refractivity contribution is -0.158. The van der Waals surface area contributed by atoms with E-state index in [0.717, 1.165) is 29.8 Å². The van der Waals surface area contributed by atoms with Gasteiger partial charge in [-0.3, -0.25) is 0 Å². The van der Waals surface area contributed by atoms with Gasteiger partial charge in [0.25, 0.3) is 0 Å². The molecule has 0 unspecified atom stereocenters. The maximum absolute atomic E-state index is 15.1. The fourth-order valence-electron chi connectivity index (χ4n) is 6.57. The summed E-state index contributed by atoms with van der Waals surface area (Å²) in [6.07, 6.45) is 2.36. The molecule has 1 aliphatic heterocycles. The number of carbonyl (C=O) groups excluding carboxylic acids is 1. The summed E-state index contributed by atoms with van der Waals surface area (Å²) in [5.41, 5.74) is 5.65. The smallest absolute Gasteiger partial charge is 0.344 e. The van der Waals surface area contributed by atoms with Crippen molar-refractivity contribution in [3.8, 4) is 5.75 Å². The van der Waals surface area contributed by atoms with Gasteiger partial charge in [0, 0.05) is 37.5 Å². The molecule has 4 nitrogen and oxygen atoms in total. The molecule has 6 rings (SSSR count). The molecule has 0 radical (unpaired) electrons. The van der Waals surface area contributed by atoms with Crippen LogP contribution in [0.1, 0.15) is 65.8 Å². The van der Waals surface area contributed by atoms with Crippen molar-refractivity contribution >= 4 is 11.7 Å². The molecular formula is C37H38FNO3. The number of fused-ring (bicyclic) bond motifs is 1. The van der Waals surface area contributed by atoms with Crippen molar-refractivity contribution in [2.75, 3.05) is 24.6 Å². The van der Waals surface area contributed by atoms with Crippen LogP contribution in [0, 0.1) is 0 Å². The molecule has 2 aliphatic rings. The van der Waals surface area contributed by atoms with Gasteiger partial charge in [-0.15, -0.1) is 0 Å².